The summed E-state index contributed by atoms with van der Waals surface area (Å²) in [5, 5.41) is 11.0. The van der Waals surface area contributed by atoms with Gasteiger partial charge in [-0.2, -0.15) is 13.2 Å². The Morgan fingerprint density at radius 2 is 1.80 bits per heavy atom. The second-order valence-electron chi connectivity index (χ2n) is 6.56. The van der Waals surface area contributed by atoms with Crippen LogP contribution in [0.25, 0.3) is 0 Å². The number of rotatable bonds is 3. The van der Waals surface area contributed by atoms with Crippen molar-refractivity contribution in [3.8, 4) is 0 Å². The Morgan fingerprint density at radius 1 is 1.30 bits per heavy atom. The van der Waals surface area contributed by atoms with E-state index in [9.17, 15) is 13.2 Å². The van der Waals surface area contributed by atoms with Gasteiger partial charge < -0.3 is 15.8 Å². The number of halogens is 3. The molecule has 0 aromatic rings. The Labute approximate surface area is 117 Å². The third-order valence-electron chi connectivity index (χ3n) is 4.12. The van der Waals surface area contributed by atoms with E-state index >= 15 is 0 Å². The highest BCUT2D eigenvalue weighted by Gasteiger charge is 2.44. The molecular weight excluding hydrogens is 271 g/mol. The second-order valence-corrected chi connectivity index (χ2v) is 6.56. The average molecular weight is 295 g/mol. The van der Waals surface area contributed by atoms with Crippen molar-refractivity contribution < 1.29 is 18.4 Å². The van der Waals surface area contributed by atoms with E-state index in [1.807, 2.05) is 0 Å². The average Bonchev–Trinajstić information content (AvgIpc) is 2.33. The minimum Gasteiger partial charge on any atom is -0.409 e. The van der Waals surface area contributed by atoms with Crippen LogP contribution in [0.2, 0.25) is 0 Å². The highest BCUT2D eigenvalue weighted by atomic mass is 19.4. The van der Waals surface area contributed by atoms with E-state index in [1.165, 1.54) is 0 Å². The highest BCUT2D eigenvalue weighted by Crippen LogP contribution is 2.35. The van der Waals surface area contributed by atoms with Crippen LogP contribution >= 0.6 is 0 Å². The van der Waals surface area contributed by atoms with Crippen LogP contribution in [0.3, 0.4) is 0 Å². The monoisotopic (exact) mass is 295 g/mol. The molecule has 1 unspecified atom stereocenters. The summed E-state index contributed by atoms with van der Waals surface area (Å²) >= 11 is 0. The van der Waals surface area contributed by atoms with Gasteiger partial charge in [0.05, 0.1) is 0 Å². The molecule has 7 heteroatoms. The van der Waals surface area contributed by atoms with Crippen molar-refractivity contribution in [1.82, 2.24) is 4.90 Å². The van der Waals surface area contributed by atoms with Gasteiger partial charge >= 0.3 is 6.18 Å². The number of nitrogens with two attached hydrogens (primary N) is 1. The number of oxime groups is 1. The molecule has 1 saturated heterocycles. The number of nitrogens with zero attached hydrogens (tertiary/aromatic N) is 2. The maximum absolute atomic E-state index is 12.9. The molecule has 4 nitrogen and oxygen atoms in total. The molecule has 0 radical (unpaired) electrons. The lowest BCUT2D eigenvalue weighted by Crippen LogP contribution is -2.47. The van der Waals surface area contributed by atoms with E-state index in [4.69, 9.17) is 10.9 Å². The van der Waals surface area contributed by atoms with Gasteiger partial charge in [-0.3, -0.25) is 0 Å². The third-order valence-corrected chi connectivity index (χ3v) is 4.12. The minimum absolute atomic E-state index is 0.182. The number of alkyl halides is 3. The summed E-state index contributed by atoms with van der Waals surface area (Å²) in [6.07, 6.45) is -2.73. The van der Waals surface area contributed by atoms with Gasteiger partial charge in [-0.25, -0.2) is 0 Å². The van der Waals surface area contributed by atoms with Gasteiger partial charge in [0.25, 0.3) is 0 Å². The standard InChI is InChI=1S/C13H24F3N3O/c1-12(2,3)9-4-6-19(7-5-9)8-10(11(17)18-20)13(14,15)16/h9-10,20H,4-8H2,1-3H3,(H2,17,18). The van der Waals surface area contributed by atoms with Crippen LogP contribution < -0.4 is 5.73 Å². The van der Waals surface area contributed by atoms with Crippen molar-refractivity contribution in [1.29, 1.82) is 0 Å². The third kappa shape index (κ3) is 4.54. The van der Waals surface area contributed by atoms with Crippen molar-refractivity contribution >= 4 is 5.84 Å². The molecule has 0 aromatic heterocycles. The molecule has 20 heavy (non-hydrogen) atoms. The van der Waals surface area contributed by atoms with Crippen LogP contribution in [0.5, 0.6) is 0 Å². The van der Waals surface area contributed by atoms with Gasteiger partial charge in [-0.15, -0.1) is 0 Å². The number of hydrogen-bond donors (Lipinski definition) is 2. The lowest BCUT2D eigenvalue weighted by Gasteiger charge is -2.39. The van der Waals surface area contributed by atoms with Crippen LogP contribution in [0, 0.1) is 17.3 Å². The fourth-order valence-electron chi connectivity index (χ4n) is 2.67. The minimum atomic E-state index is -4.49. The Kier molecular flexibility index (Phi) is 5.29. The summed E-state index contributed by atoms with van der Waals surface area (Å²) in [5.74, 6) is -2.15. The summed E-state index contributed by atoms with van der Waals surface area (Å²) in [6.45, 7) is 7.46. The zero-order chi connectivity index (χ0) is 15.6. The van der Waals surface area contributed by atoms with Crippen LogP contribution in [0.15, 0.2) is 5.16 Å². The Morgan fingerprint density at radius 3 is 2.15 bits per heavy atom. The first-order chi connectivity index (χ1) is 9.05. The summed E-state index contributed by atoms with van der Waals surface area (Å²) in [5.41, 5.74) is 5.35. The number of hydrogen-bond acceptors (Lipinski definition) is 3. The van der Waals surface area contributed by atoms with Gasteiger partial charge in [-0.05, 0) is 37.3 Å². The van der Waals surface area contributed by atoms with E-state index in [-0.39, 0.29) is 12.0 Å². The van der Waals surface area contributed by atoms with E-state index in [0.717, 1.165) is 12.8 Å². The Bertz CT molecular complexity index is 342. The molecule has 0 aliphatic carbocycles. The maximum Gasteiger partial charge on any atom is 0.400 e. The lowest BCUT2D eigenvalue weighted by molar-refractivity contribution is -0.161. The van der Waals surface area contributed by atoms with Crippen molar-refractivity contribution in [2.24, 2.45) is 28.1 Å². The fourth-order valence-corrected chi connectivity index (χ4v) is 2.67. The van der Waals surface area contributed by atoms with Gasteiger partial charge in [0, 0.05) is 6.54 Å². The van der Waals surface area contributed by atoms with Gasteiger partial charge in [0.1, 0.15) is 5.92 Å². The van der Waals surface area contributed by atoms with Crippen molar-refractivity contribution in [3.63, 3.8) is 0 Å². The molecule has 1 aliphatic rings. The van der Waals surface area contributed by atoms with Gasteiger partial charge in [0.2, 0.25) is 0 Å². The smallest absolute Gasteiger partial charge is 0.400 e. The molecule has 118 valence electrons. The van der Waals surface area contributed by atoms with E-state index < -0.39 is 17.9 Å². The molecule has 1 fully saturated rings. The van der Waals surface area contributed by atoms with Crippen molar-refractivity contribution in [2.45, 2.75) is 39.8 Å². The normalized spacial score (nSPS) is 22.0. The van der Waals surface area contributed by atoms with Crippen molar-refractivity contribution in [3.05, 3.63) is 0 Å². The van der Waals surface area contributed by atoms with Crippen LogP contribution in [0.1, 0.15) is 33.6 Å². The Hall–Kier alpha value is -0.980. The molecular formula is C13H24F3N3O. The second kappa shape index (κ2) is 6.20. The lowest BCUT2D eigenvalue weighted by atomic mass is 9.75. The molecule has 0 spiro atoms. The fraction of sp³-hybridized carbons (Fsp3) is 0.923. The van der Waals surface area contributed by atoms with E-state index in [0.29, 0.717) is 19.0 Å². The van der Waals surface area contributed by atoms with E-state index in [1.54, 1.807) is 4.90 Å². The summed E-state index contributed by atoms with van der Waals surface area (Å²) in [7, 11) is 0. The molecule has 0 aromatic carbocycles. The number of piperidine rings is 1. The quantitative estimate of drug-likeness (QED) is 0.364. The molecule has 1 rings (SSSR count). The molecule has 0 saturated carbocycles. The Balaban J connectivity index is 2.61. The first kappa shape index (κ1) is 17.1. The summed E-state index contributed by atoms with van der Waals surface area (Å²) in [6, 6.07) is 0. The first-order valence-electron chi connectivity index (χ1n) is 6.82. The highest BCUT2D eigenvalue weighted by molar-refractivity contribution is 5.83. The zero-order valence-corrected chi connectivity index (χ0v) is 12.2. The summed E-state index contributed by atoms with van der Waals surface area (Å²) < 4.78 is 38.6. The predicted molar refractivity (Wildman–Crippen MR) is 71.6 cm³/mol. The largest absolute Gasteiger partial charge is 0.409 e. The molecule has 1 aliphatic heterocycles. The predicted octanol–water partition coefficient (Wildman–Crippen LogP) is 2.67. The SMILES string of the molecule is CC(C)(C)C1CCN(CC(C(N)=NO)C(F)(F)F)CC1. The van der Waals surface area contributed by atoms with Gasteiger partial charge in [-0.1, -0.05) is 25.9 Å². The topological polar surface area (TPSA) is 61.8 Å². The van der Waals surface area contributed by atoms with E-state index in [2.05, 4.69) is 25.9 Å². The molecule has 0 amide bonds. The van der Waals surface area contributed by atoms with Crippen LogP contribution in [0.4, 0.5) is 13.2 Å². The van der Waals surface area contributed by atoms with Crippen LogP contribution in [-0.2, 0) is 0 Å². The molecule has 1 atom stereocenters. The molecule has 3 N–H and O–H groups in total. The number of amidine groups is 1. The maximum atomic E-state index is 12.9. The zero-order valence-electron chi connectivity index (χ0n) is 12.2. The van der Waals surface area contributed by atoms with Crippen LogP contribution in [-0.4, -0.2) is 41.8 Å². The summed E-state index contributed by atoms with van der Waals surface area (Å²) in [4.78, 5) is 1.75. The molecule has 0 bridgehead atoms. The van der Waals surface area contributed by atoms with Crippen molar-refractivity contribution in [2.75, 3.05) is 19.6 Å². The van der Waals surface area contributed by atoms with Gasteiger partial charge in [0.15, 0.2) is 5.84 Å². The number of likely N-dealkylation sites (tertiary alicyclic amines) is 1. The molecule has 1 heterocycles. The first-order valence-corrected chi connectivity index (χ1v) is 6.82.